The van der Waals surface area contributed by atoms with Crippen molar-refractivity contribution in [2.45, 2.75) is 0 Å². The lowest BCUT2D eigenvalue weighted by Crippen LogP contribution is -1.96. The van der Waals surface area contributed by atoms with Crippen LogP contribution in [0.5, 0.6) is 11.8 Å². The van der Waals surface area contributed by atoms with E-state index in [0.29, 0.717) is 11.8 Å². The third kappa shape index (κ3) is 3.02. The zero-order valence-electron chi connectivity index (χ0n) is 14.4. The maximum absolute atomic E-state index is 5.16. The average molecular weight is 347 g/mol. The Hall–Kier alpha value is -3.61. The van der Waals surface area contributed by atoms with E-state index in [4.69, 9.17) is 9.47 Å². The molecule has 0 aromatic carbocycles. The van der Waals surface area contributed by atoms with Gasteiger partial charge in [0.2, 0.25) is 11.8 Å². The van der Waals surface area contributed by atoms with Crippen LogP contribution in [0.15, 0.2) is 61.2 Å². The number of nitrogens with one attached hydrogen (secondary N) is 1. The number of hydrogen-bond donors (Lipinski definition) is 1. The molecule has 130 valence electrons. The molecule has 0 bridgehead atoms. The lowest BCUT2D eigenvalue weighted by molar-refractivity contribution is 0.398. The maximum Gasteiger partial charge on any atom is 0.214 e. The number of fused-ring (bicyclic) bond motifs is 1. The number of aromatic nitrogens is 4. The van der Waals surface area contributed by atoms with Gasteiger partial charge in [-0.3, -0.25) is 4.40 Å². The Morgan fingerprint density at radius 2 is 1.73 bits per heavy atom. The Bertz CT molecular complexity index is 1040. The van der Waals surface area contributed by atoms with Gasteiger partial charge in [0.05, 0.1) is 31.8 Å². The molecule has 0 aliphatic rings. The van der Waals surface area contributed by atoms with Gasteiger partial charge in [0.25, 0.3) is 0 Å². The summed E-state index contributed by atoms with van der Waals surface area (Å²) in [6.45, 7) is 0. The van der Waals surface area contributed by atoms with Gasteiger partial charge in [0.1, 0.15) is 5.65 Å². The van der Waals surface area contributed by atoms with Crippen molar-refractivity contribution in [3.05, 3.63) is 61.2 Å². The summed E-state index contributed by atoms with van der Waals surface area (Å²) in [6, 6.07) is 11.5. The first-order chi connectivity index (χ1) is 12.8. The summed E-state index contributed by atoms with van der Waals surface area (Å²) in [5.41, 5.74) is 4.58. The summed E-state index contributed by atoms with van der Waals surface area (Å²) in [5.74, 6) is 1.14. The molecule has 0 aliphatic heterocycles. The van der Waals surface area contributed by atoms with Gasteiger partial charge in [-0.25, -0.2) is 15.0 Å². The molecule has 0 saturated carbocycles. The highest BCUT2D eigenvalue weighted by molar-refractivity contribution is 5.67. The number of anilines is 2. The summed E-state index contributed by atoms with van der Waals surface area (Å²) in [4.78, 5) is 12.8. The van der Waals surface area contributed by atoms with Gasteiger partial charge >= 0.3 is 0 Å². The van der Waals surface area contributed by atoms with Crippen molar-refractivity contribution >= 4 is 17.0 Å². The van der Waals surface area contributed by atoms with Crippen molar-refractivity contribution in [3.8, 4) is 23.0 Å². The molecular weight excluding hydrogens is 330 g/mol. The molecule has 1 N–H and O–H groups in total. The predicted octanol–water partition coefficient (Wildman–Crippen LogP) is 3.55. The van der Waals surface area contributed by atoms with Crippen molar-refractivity contribution in [2.24, 2.45) is 0 Å². The molecule has 4 aromatic rings. The van der Waals surface area contributed by atoms with Crippen LogP contribution < -0.4 is 14.8 Å². The van der Waals surface area contributed by atoms with E-state index in [1.54, 1.807) is 26.6 Å². The van der Waals surface area contributed by atoms with Gasteiger partial charge in [0.15, 0.2) is 0 Å². The van der Waals surface area contributed by atoms with E-state index in [9.17, 15) is 0 Å². The maximum atomic E-state index is 5.16. The first-order valence-electron chi connectivity index (χ1n) is 8.01. The molecular formula is C19H17N5O2. The first kappa shape index (κ1) is 15.9. The molecule has 0 radical (unpaired) electrons. The molecule has 0 atom stereocenters. The highest BCUT2D eigenvalue weighted by atomic mass is 16.5. The molecule has 0 amide bonds. The Labute approximate surface area is 150 Å². The minimum Gasteiger partial charge on any atom is -0.481 e. The molecule has 0 aliphatic carbocycles. The summed E-state index contributed by atoms with van der Waals surface area (Å²) < 4.78 is 12.3. The van der Waals surface area contributed by atoms with Crippen molar-refractivity contribution < 1.29 is 9.47 Å². The van der Waals surface area contributed by atoms with Gasteiger partial charge < -0.3 is 14.8 Å². The van der Waals surface area contributed by atoms with Crippen molar-refractivity contribution in [3.63, 3.8) is 0 Å². The Morgan fingerprint density at radius 3 is 2.50 bits per heavy atom. The second kappa shape index (κ2) is 6.72. The Morgan fingerprint density at radius 1 is 0.846 bits per heavy atom. The molecule has 7 nitrogen and oxygen atoms in total. The summed E-state index contributed by atoms with van der Waals surface area (Å²) in [7, 11) is 3.20. The standard InChI is InChI=1S/C19H17N5O2/c1-25-18-6-3-13(10-22-18)16-11-21-17-5-4-15(12-24(16)17)23-14-7-8-20-19(9-14)26-2/h3-12H,1-2H3,(H,20,23). The van der Waals surface area contributed by atoms with Crippen LogP contribution >= 0.6 is 0 Å². The van der Waals surface area contributed by atoms with Crippen LogP contribution in [-0.4, -0.2) is 33.6 Å². The zero-order chi connectivity index (χ0) is 17.9. The molecule has 0 unspecified atom stereocenters. The topological polar surface area (TPSA) is 73.6 Å². The Kier molecular flexibility index (Phi) is 4.10. The number of hydrogen-bond acceptors (Lipinski definition) is 6. The van der Waals surface area contributed by atoms with Crippen LogP contribution in [0.2, 0.25) is 0 Å². The molecule has 4 heterocycles. The van der Waals surface area contributed by atoms with Crippen LogP contribution in [0.1, 0.15) is 0 Å². The lowest BCUT2D eigenvalue weighted by Gasteiger charge is -2.09. The van der Waals surface area contributed by atoms with Crippen molar-refractivity contribution in [2.75, 3.05) is 19.5 Å². The fourth-order valence-corrected chi connectivity index (χ4v) is 2.69. The van der Waals surface area contributed by atoms with E-state index < -0.39 is 0 Å². The highest BCUT2D eigenvalue weighted by Crippen LogP contribution is 2.25. The molecule has 4 aromatic heterocycles. The fraction of sp³-hybridized carbons (Fsp3) is 0.105. The number of nitrogens with zero attached hydrogens (tertiary/aromatic N) is 4. The van der Waals surface area contributed by atoms with Gasteiger partial charge in [-0.05, 0) is 24.3 Å². The van der Waals surface area contributed by atoms with Crippen LogP contribution in [0.3, 0.4) is 0 Å². The monoisotopic (exact) mass is 347 g/mol. The Balaban J connectivity index is 1.69. The number of pyridine rings is 3. The molecule has 26 heavy (non-hydrogen) atoms. The van der Waals surface area contributed by atoms with E-state index in [1.165, 1.54) is 0 Å². The second-order valence-corrected chi connectivity index (χ2v) is 5.59. The molecule has 0 saturated heterocycles. The molecule has 4 rings (SSSR count). The van der Waals surface area contributed by atoms with Crippen molar-refractivity contribution in [1.82, 2.24) is 19.4 Å². The van der Waals surface area contributed by atoms with E-state index in [2.05, 4.69) is 20.3 Å². The average Bonchev–Trinajstić information content (AvgIpc) is 3.11. The number of methoxy groups -OCH3 is 2. The zero-order valence-corrected chi connectivity index (χ0v) is 14.4. The summed E-state index contributed by atoms with van der Waals surface area (Å²) >= 11 is 0. The van der Waals surface area contributed by atoms with Crippen LogP contribution in [0.4, 0.5) is 11.4 Å². The third-order valence-electron chi connectivity index (χ3n) is 3.98. The molecule has 0 spiro atoms. The fourth-order valence-electron chi connectivity index (χ4n) is 2.69. The third-order valence-corrected chi connectivity index (χ3v) is 3.98. The van der Waals surface area contributed by atoms with Gasteiger partial charge in [-0.2, -0.15) is 0 Å². The van der Waals surface area contributed by atoms with E-state index in [-0.39, 0.29) is 0 Å². The molecule has 7 heteroatoms. The SMILES string of the molecule is COc1ccc(-c2cnc3ccc(Nc4ccnc(OC)c4)cn23)cn1. The number of imidazole rings is 1. The van der Waals surface area contributed by atoms with Crippen LogP contribution in [0.25, 0.3) is 16.9 Å². The quantitative estimate of drug-likeness (QED) is 0.595. The highest BCUT2D eigenvalue weighted by Gasteiger charge is 2.08. The van der Waals surface area contributed by atoms with Crippen molar-refractivity contribution in [1.29, 1.82) is 0 Å². The van der Waals surface area contributed by atoms with Gasteiger partial charge in [-0.15, -0.1) is 0 Å². The number of ether oxygens (including phenoxy) is 2. The minimum atomic E-state index is 0.559. The normalized spacial score (nSPS) is 10.7. The van der Waals surface area contributed by atoms with E-state index >= 15 is 0 Å². The lowest BCUT2D eigenvalue weighted by atomic mass is 10.2. The molecule has 0 fully saturated rings. The number of rotatable bonds is 5. The largest absolute Gasteiger partial charge is 0.481 e. The van der Waals surface area contributed by atoms with Crippen LogP contribution in [0, 0.1) is 0 Å². The minimum absolute atomic E-state index is 0.559. The summed E-state index contributed by atoms with van der Waals surface area (Å²) in [5, 5.41) is 3.35. The smallest absolute Gasteiger partial charge is 0.214 e. The predicted molar refractivity (Wildman–Crippen MR) is 99.0 cm³/mol. The van der Waals surface area contributed by atoms with Crippen LogP contribution in [-0.2, 0) is 0 Å². The van der Waals surface area contributed by atoms with Gasteiger partial charge in [-0.1, -0.05) is 0 Å². The van der Waals surface area contributed by atoms with E-state index in [1.807, 2.05) is 53.2 Å². The second-order valence-electron chi connectivity index (χ2n) is 5.59. The van der Waals surface area contributed by atoms with E-state index in [0.717, 1.165) is 28.3 Å². The van der Waals surface area contributed by atoms with Gasteiger partial charge in [0, 0.05) is 42.0 Å². The summed E-state index contributed by atoms with van der Waals surface area (Å²) in [6.07, 6.45) is 7.30. The first-order valence-corrected chi connectivity index (χ1v) is 8.01.